The predicted molar refractivity (Wildman–Crippen MR) is 68.1 cm³/mol. The summed E-state index contributed by atoms with van der Waals surface area (Å²) in [6.07, 6.45) is 8.33. The molecular weight excluding hydrogens is 182 g/mol. The number of hydrogen-bond donors (Lipinski definition) is 1. The lowest BCUT2D eigenvalue weighted by atomic mass is 9.90. The monoisotopic (exact) mass is 211 g/mol. The van der Waals surface area contributed by atoms with Gasteiger partial charge in [-0.1, -0.05) is 40.5 Å². The van der Waals surface area contributed by atoms with Gasteiger partial charge in [0.05, 0.1) is 0 Å². The average Bonchev–Trinajstić information content (AvgIpc) is 2.40. The van der Waals surface area contributed by atoms with E-state index in [1.54, 1.807) is 0 Å². The summed E-state index contributed by atoms with van der Waals surface area (Å²) in [7, 11) is 0. The summed E-state index contributed by atoms with van der Waals surface area (Å²) in [6.45, 7) is 10.6. The van der Waals surface area contributed by atoms with Gasteiger partial charge in [0.2, 0.25) is 0 Å². The van der Waals surface area contributed by atoms with Crippen LogP contribution in [0.1, 0.15) is 66.2 Å². The zero-order valence-corrected chi connectivity index (χ0v) is 11.1. The summed E-state index contributed by atoms with van der Waals surface area (Å²) < 4.78 is 0. The Morgan fingerprint density at radius 3 is 2.53 bits per heavy atom. The fourth-order valence-corrected chi connectivity index (χ4v) is 2.24. The number of nitrogens with one attached hydrogen (secondary N) is 1. The fourth-order valence-electron chi connectivity index (χ4n) is 2.24. The van der Waals surface area contributed by atoms with Gasteiger partial charge in [-0.15, -0.1) is 0 Å². The highest BCUT2D eigenvalue weighted by Gasteiger charge is 2.19. The van der Waals surface area contributed by atoms with E-state index in [1.807, 2.05) is 0 Å². The van der Waals surface area contributed by atoms with Gasteiger partial charge < -0.3 is 5.32 Å². The van der Waals surface area contributed by atoms with Gasteiger partial charge >= 0.3 is 0 Å². The van der Waals surface area contributed by atoms with Gasteiger partial charge in [0, 0.05) is 12.6 Å². The normalized spacial score (nSPS) is 28.8. The van der Waals surface area contributed by atoms with Crippen LogP contribution in [-0.4, -0.2) is 12.6 Å². The van der Waals surface area contributed by atoms with Crippen LogP contribution in [0.15, 0.2) is 0 Å². The molecule has 0 aliphatic heterocycles. The van der Waals surface area contributed by atoms with Crippen molar-refractivity contribution >= 4 is 0 Å². The zero-order chi connectivity index (χ0) is 11.3. The Morgan fingerprint density at radius 1 is 1.13 bits per heavy atom. The maximum absolute atomic E-state index is 3.77. The van der Waals surface area contributed by atoms with Crippen molar-refractivity contribution in [2.75, 3.05) is 6.54 Å². The molecule has 1 nitrogen and oxygen atoms in total. The molecule has 2 unspecified atom stereocenters. The van der Waals surface area contributed by atoms with Gasteiger partial charge in [-0.2, -0.15) is 0 Å². The number of rotatable bonds is 4. The van der Waals surface area contributed by atoms with Crippen molar-refractivity contribution in [3.05, 3.63) is 0 Å². The van der Waals surface area contributed by atoms with Crippen molar-refractivity contribution in [3.8, 4) is 0 Å². The molecule has 1 N–H and O–H groups in total. The highest BCUT2D eigenvalue weighted by atomic mass is 14.9. The zero-order valence-electron chi connectivity index (χ0n) is 11.1. The first-order valence-corrected chi connectivity index (χ1v) is 6.77. The molecule has 1 aliphatic rings. The smallest absolute Gasteiger partial charge is 0.00673 e. The summed E-state index contributed by atoms with van der Waals surface area (Å²) in [6, 6.07) is 0.792. The second-order valence-electron chi connectivity index (χ2n) is 6.21. The summed E-state index contributed by atoms with van der Waals surface area (Å²) in [5.41, 5.74) is 0.470. The van der Waals surface area contributed by atoms with E-state index in [4.69, 9.17) is 0 Å². The molecule has 0 heterocycles. The van der Waals surface area contributed by atoms with Crippen LogP contribution in [0.2, 0.25) is 0 Å². The van der Waals surface area contributed by atoms with E-state index in [-0.39, 0.29) is 0 Å². The maximum atomic E-state index is 3.77. The lowest BCUT2D eigenvalue weighted by molar-refractivity contribution is 0.298. The van der Waals surface area contributed by atoms with E-state index in [1.165, 1.54) is 45.1 Å². The second kappa shape index (κ2) is 5.89. The average molecular weight is 211 g/mol. The Bertz CT molecular complexity index is 174. The standard InChI is InChI=1S/C14H29N/c1-5-14(3,4)11-15-13-8-6-7-12(2)9-10-13/h12-13,15H,5-11H2,1-4H3. The van der Waals surface area contributed by atoms with Crippen molar-refractivity contribution in [2.45, 2.75) is 72.3 Å². The van der Waals surface area contributed by atoms with Crippen LogP contribution in [-0.2, 0) is 0 Å². The predicted octanol–water partition coefficient (Wildman–Crippen LogP) is 3.98. The molecule has 1 heteroatoms. The third kappa shape index (κ3) is 5.01. The largest absolute Gasteiger partial charge is 0.313 e. The highest BCUT2D eigenvalue weighted by Crippen LogP contribution is 2.24. The molecule has 90 valence electrons. The van der Waals surface area contributed by atoms with Gasteiger partial charge in [0.25, 0.3) is 0 Å². The van der Waals surface area contributed by atoms with Crippen LogP contribution in [0.4, 0.5) is 0 Å². The Labute approximate surface area is 96.0 Å². The van der Waals surface area contributed by atoms with Crippen molar-refractivity contribution in [1.82, 2.24) is 5.32 Å². The van der Waals surface area contributed by atoms with Crippen molar-refractivity contribution in [3.63, 3.8) is 0 Å². The lowest BCUT2D eigenvalue weighted by Gasteiger charge is -2.26. The van der Waals surface area contributed by atoms with Gasteiger partial charge in [0.1, 0.15) is 0 Å². The molecule has 1 fully saturated rings. The van der Waals surface area contributed by atoms with E-state index in [0.29, 0.717) is 5.41 Å². The van der Waals surface area contributed by atoms with Crippen LogP contribution in [0, 0.1) is 11.3 Å². The van der Waals surface area contributed by atoms with Crippen molar-refractivity contribution in [2.24, 2.45) is 11.3 Å². The second-order valence-corrected chi connectivity index (χ2v) is 6.21. The third-order valence-electron chi connectivity index (χ3n) is 4.08. The third-order valence-corrected chi connectivity index (χ3v) is 4.08. The molecule has 0 aromatic rings. The molecule has 0 amide bonds. The molecule has 0 spiro atoms. The van der Waals surface area contributed by atoms with Crippen LogP contribution >= 0.6 is 0 Å². The van der Waals surface area contributed by atoms with E-state index in [9.17, 15) is 0 Å². The molecule has 2 atom stereocenters. The minimum Gasteiger partial charge on any atom is -0.313 e. The molecule has 1 rings (SSSR count). The maximum Gasteiger partial charge on any atom is 0.00673 e. The summed E-state index contributed by atoms with van der Waals surface area (Å²) in [5, 5.41) is 3.77. The molecule has 1 aliphatic carbocycles. The highest BCUT2D eigenvalue weighted by molar-refractivity contribution is 4.77. The Balaban J connectivity index is 2.26. The van der Waals surface area contributed by atoms with Crippen LogP contribution < -0.4 is 5.32 Å². The molecule has 0 aromatic carbocycles. The van der Waals surface area contributed by atoms with E-state index < -0.39 is 0 Å². The molecule has 0 saturated heterocycles. The van der Waals surface area contributed by atoms with E-state index in [0.717, 1.165) is 12.0 Å². The van der Waals surface area contributed by atoms with Gasteiger partial charge in [-0.3, -0.25) is 0 Å². The number of hydrogen-bond acceptors (Lipinski definition) is 1. The lowest BCUT2D eigenvalue weighted by Crippen LogP contribution is -2.36. The van der Waals surface area contributed by atoms with E-state index in [2.05, 4.69) is 33.0 Å². The summed E-state index contributed by atoms with van der Waals surface area (Å²) in [5.74, 6) is 0.955. The molecule has 0 bridgehead atoms. The van der Waals surface area contributed by atoms with Crippen LogP contribution in [0.5, 0.6) is 0 Å². The van der Waals surface area contributed by atoms with E-state index >= 15 is 0 Å². The van der Waals surface area contributed by atoms with Crippen molar-refractivity contribution in [1.29, 1.82) is 0 Å². The van der Waals surface area contributed by atoms with Crippen LogP contribution in [0.3, 0.4) is 0 Å². The molecule has 15 heavy (non-hydrogen) atoms. The molecular formula is C14H29N. The topological polar surface area (TPSA) is 12.0 Å². The Morgan fingerprint density at radius 2 is 1.87 bits per heavy atom. The van der Waals surface area contributed by atoms with Gasteiger partial charge in [-0.25, -0.2) is 0 Å². The minimum atomic E-state index is 0.470. The first-order chi connectivity index (χ1) is 7.03. The molecule has 1 saturated carbocycles. The summed E-state index contributed by atoms with van der Waals surface area (Å²) >= 11 is 0. The summed E-state index contributed by atoms with van der Waals surface area (Å²) in [4.78, 5) is 0. The van der Waals surface area contributed by atoms with Gasteiger partial charge in [0.15, 0.2) is 0 Å². The molecule has 0 aromatic heterocycles. The minimum absolute atomic E-state index is 0.470. The first kappa shape index (κ1) is 13.0. The molecule has 0 radical (unpaired) electrons. The van der Waals surface area contributed by atoms with Gasteiger partial charge in [-0.05, 0) is 37.0 Å². The SMILES string of the molecule is CCC(C)(C)CNC1CCCC(C)CC1. The Kier molecular flexibility index (Phi) is 5.11. The Hall–Kier alpha value is -0.0400. The fraction of sp³-hybridized carbons (Fsp3) is 1.00. The van der Waals surface area contributed by atoms with Crippen LogP contribution in [0.25, 0.3) is 0 Å². The quantitative estimate of drug-likeness (QED) is 0.694. The van der Waals surface area contributed by atoms with Crippen molar-refractivity contribution < 1.29 is 0 Å². The first-order valence-electron chi connectivity index (χ1n) is 6.77.